The van der Waals surface area contributed by atoms with Crippen LogP contribution in [0.3, 0.4) is 0 Å². The molecular weight excluding hydrogens is 403 g/mol. The van der Waals surface area contributed by atoms with Crippen molar-refractivity contribution in [3.63, 3.8) is 0 Å². The van der Waals surface area contributed by atoms with E-state index >= 15 is 0 Å². The highest BCUT2D eigenvalue weighted by atomic mass is 19.1. The summed E-state index contributed by atoms with van der Waals surface area (Å²) in [5.41, 5.74) is 3.12. The number of nitrogens with zero attached hydrogens (tertiary/aromatic N) is 2. The van der Waals surface area contributed by atoms with E-state index in [1.807, 2.05) is 24.3 Å². The summed E-state index contributed by atoms with van der Waals surface area (Å²) >= 11 is 0. The minimum absolute atomic E-state index is 0.109. The van der Waals surface area contributed by atoms with E-state index in [0.29, 0.717) is 13.0 Å². The van der Waals surface area contributed by atoms with Crippen LogP contribution in [0.4, 0.5) is 4.39 Å². The molecule has 3 aromatic rings. The molecule has 0 saturated heterocycles. The van der Waals surface area contributed by atoms with Crippen LogP contribution < -0.4 is 4.74 Å². The average molecular weight is 435 g/mol. The van der Waals surface area contributed by atoms with Crippen LogP contribution in [0.15, 0.2) is 66.9 Å². The van der Waals surface area contributed by atoms with Gasteiger partial charge in [-0.05, 0) is 60.4 Å². The quantitative estimate of drug-likeness (QED) is 0.463. The van der Waals surface area contributed by atoms with E-state index in [2.05, 4.69) is 27.8 Å². The summed E-state index contributed by atoms with van der Waals surface area (Å²) < 4.78 is 20.9. The first kappa shape index (κ1) is 22.1. The highest BCUT2D eigenvalue weighted by Gasteiger charge is 2.26. The number of hydrogen-bond acceptors (Lipinski definition) is 2. The molecule has 4 nitrogen and oxygen atoms in total. The molecule has 168 valence electrons. The molecule has 1 saturated carbocycles. The molecule has 32 heavy (non-hydrogen) atoms. The van der Waals surface area contributed by atoms with Crippen LogP contribution in [0, 0.1) is 5.82 Å². The minimum atomic E-state index is -0.277. The predicted octanol–water partition coefficient (Wildman–Crippen LogP) is 5.59. The van der Waals surface area contributed by atoms with E-state index in [1.165, 1.54) is 18.6 Å². The monoisotopic (exact) mass is 434 g/mol. The lowest BCUT2D eigenvalue weighted by Crippen LogP contribution is -2.42. The van der Waals surface area contributed by atoms with Gasteiger partial charge in [0.05, 0.1) is 20.1 Å². The lowest BCUT2D eigenvalue weighted by molar-refractivity contribution is -0.134. The summed E-state index contributed by atoms with van der Waals surface area (Å²) in [5, 5.41) is 0. The summed E-state index contributed by atoms with van der Waals surface area (Å²) in [4.78, 5) is 15.4. The topological polar surface area (TPSA) is 34.5 Å². The largest absolute Gasteiger partial charge is 0.497 e. The molecule has 1 heterocycles. The minimum Gasteiger partial charge on any atom is -0.497 e. The SMILES string of the molecule is COc1cccc(Cn2cccc2CN(C(=O)Cc2ccc(F)cc2)C2CCCCC2)c1. The van der Waals surface area contributed by atoms with Crippen molar-refractivity contribution in [2.24, 2.45) is 0 Å². The molecule has 0 radical (unpaired) electrons. The molecule has 5 heteroatoms. The molecule has 0 unspecified atom stereocenters. The number of rotatable bonds is 8. The smallest absolute Gasteiger partial charge is 0.227 e. The number of carbonyl (C=O) groups is 1. The van der Waals surface area contributed by atoms with E-state index < -0.39 is 0 Å². The number of aromatic nitrogens is 1. The number of hydrogen-bond donors (Lipinski definition) is 0. The van der Waals surface area contributed by atoms with Crippen molar-refractivity contribution >= 4 is 5.91 Å². The molecule has 0 aliphatic heterocycles. The van der Waals surface area contributed by atoms with Crippen LogP contribution in [-0.4, -0.2) is 28.5 Å². The van der Waals surface area contributed by atoms with Gasteiger partial charge in [-0.15, -0.1) is 0 Å². The van der Waals surface area contributed by atoms with Crippen LogP contribution in [0.25, 0.3) is 0 Å². The van der Waals surface area contributed by atoms with Gasteiger partial charge in [0, 0.05) is 24.5 Å². The van der Waals surface area contributed by atoms with E-state index in [-0.39, 0.29) is 17.8 Å². The van der Waals surface area contributed by atoms with Gasteiger partial charge in [-0.3, -0.25) is 4.79 Å². The molecular formula is C27H31FN2O2. The third kappa shape index (κ3) is 5.58. The van der Waals surface area contributed by atoms with E-state index in [9.17, 15) is 9.18 Å². The Labute approximate surface area is 189 Å². The van der Waals surface area contributed by atoms with Crippen molar-refractivity contribution in [2.45, 2.75) is 57.7 Å². The van der Waals surface area contributed by atoms with Crippen molar-refractivity contribution in [3.05, 3.63) is 89.5 Å². The highest BCUT2D eigenvalue weighted by Crippen LogP contribution is 2.25. The van der Waals surface area contributed by atoms with Crippen molar-refractivity contribution in [1.29, 1.82) is 0 Å². The molecule has 0 N–H and O–H groups in total. The number of carbonyl (C=O) groups excluding carboxylic acids is 1. The van der Waals surface area contributed by atoms with E-state index in [4.69, 9.17) is 4.74 Å². The first-order valence-corrected chi connectivity index (χ1v) is 11.4. The van der Waals surface area contributed by atoms with Crippen LogP contribution in [-0.2, 0) is 24.3 Å². The Hall–Kier alpha value is -3.08. The zero-order chi connectivity index (χ0) is 22.3. The average Bonchev–Trinajstić information content (AvgIpc) is 3.26. The zero-order valence-corrected chi connectivity index (χ0v) is 18.7. The summed E-state index contributed by atoms with van der Waals surface area (Å²) in [6.07, 6.45) is 8.03. The molecule has 4 rings (SSSR count). The molecule has 2 aromatic carbocycles. The van der Waals surface area contributed by atoms with Gasteiger partial charge in [0.15, 0.2) is 0 Å². The molecule has 1 fully saturated rings. The maximum absolute atomic E-state index is 13.4. The fourth-order valence-corrected chi connectivity index (χ4v) is 4.58. The van der Waals surface area contributed by atoms with Gasteiger partial charge in [-0.25, -0.2) is 4.39 Å². The number of halogens is 1. The van der Waals surface area contributed by atoms with Crippen molar-refractivity contribution in [1.82, 2.24) is 9.47 Å². The lowest BCUT2D eigenvalue weighted by atomic mass is 9.93. The maximum Gasteiger partial charge on any atom is 0.227 e. The summed E-state index contributed by atoms with van der Waals surface area (Å²) in [5.74, 6) is 0.674. The molecule has 0 atom stereocenters. The van der Waals surface area contributed by atoms with E-state index in [0.717, 1.165) is 54.8 Å². The third-order valence-corrected chi connectivity index (χ3v) is 6.35. The fourth-order valence-electron chi connectivity index (χ4n) is 4.58. The standard InChI is InChI=1S/C27H31FN2O2/c1-32-26-11-5-7-22(17-26)19-29-16-6-10-25(29)20-30(24-8-3-2-4-9-24)27(31)18-21-12-14-23(28)15-13-21/h5-7,10-17,24H,2-4,8-9,18-20H2,1H3. The molecule has 1 aromatic heterocycles. The normalized spacial score (nSPS) is 14.3. The van der Waals surface area contributed by atoms with Crippen molar-refractivity contribution < 1.29 is 13.9 Å². The molecule has 0 spiro atoms. The Morgan fingerprint density at radius 2 is 1.81 bits per heavy atom. The first-order valence-electron chi connectivity index (χ1n) is 11.4. The van der Waals surface area contributed by atoms with Gasteiger partial charge >= 0.3 is 0 Å². The molecule has 1 aliphatic carbocycles. The fraction of sp³-hybridized carbons (Fsp3) is 0.370. The van der Waals surface area contributed by atoms with Crippen molar-refractivity contribution in [3.8, 4) is 5.75 Å². The highest BCUT2D eigenvalue weighted by molar-refractivity contribution is 5.79. The van der Waals surface area contributed by atoms with Gasteiger partial charge < -0.3 is 14.2 Å². The molecule has 1 aliphatic rings. The Morgan fingerprint density at radius 1 is 1.03 bits per heavy atom. The summed E-state index contributed by atoms with van der Waals surface area (Å²) in [6, 6.07) is 18.7. The van der Waals surface area contributed by atoms with Crippen LogP contribution in [0.2, 0.25) is 0 Å². The zero-order valence-electron chi connectivity index (χ0n) is 18.7. The second-order valence-corrected chi connectivity index (χ2v) is 8.60. The summed E-state index contributed by atoms with van der Waals surface area (Å²) in [6.45, 7) is 1.31. The van der Waals surface area contributed by atoms with Gasteiger partial charge in [0.1, 0.15) is 11.6 Å². The van der Waals surface area contributed by atoms with Gasteiger partial charge in [0.2, 0.25) is 5.91 Å². The third-order valence-electron chi connectivity index (χ3n) is 6.35. The van der Waals surface area contributed by atoms with E-state index in [1.54, 1.807) is 19.2 Å². The number of benzene rings is 2. The van der Waals surface area contributed by atoms with Crippen molar-refractivity contribution in [2.75, 3.05) is 7.11 Å². The number of ether oxygens (including phenoxy) is 1. The molecule has 1 amide bonds. The van der Waals surface area contributed by atoms with Crippen LogP contribution in [0.5, 0.6) is 5.75 Å². The Morgan fingerprint density at radius 3 is 2.56 bits per heavy atom. The van der Waals surface area contributed by atoms with Crippen LogP contribution >= 0.6 is 0 Å². The van der Waals surface area contributed by atoms with Gasteiger partial charge in [-0.1, -0.05) is 43.5 Å². The lowest BCUT2D eigenvalue weighted by Gasteiger charge is -2.35. The second kappa shape index (κ2) is 10.5. The van der Waals surface area contributed by atoms with Gasteiger partial charge in [0.25, 0.3) is 0 Å². The molecule has 0 bridgehead atoms. The van der Waals surface area contributed by atoms with Gasteiger partial charge in [-0.2, -0.15) is 0 Å². The number of amides is 1. The Balaban J connectivity index is 1.52. The number of methoxy groups -OCH3 is 1. The Kier molecular flexibility index (Phi) is 7.25. The second-order valence-electron chi connectivity index (χ2n) is 8.60. The Bertz CT molecular complexity index is 1020. The van der Waals surface area contributed by atoms with Crippen LogP contribution in [0.1, 0.15) is 48.9 Å². The predicted molar refractivity (Wildman–Crippen MR) is 124 cm³/mol. The first-order chi connectivity index (χ1) is 15.6. The maximum atomic E-state index is 13.4. The summed E-state index contributed by atoms with van der Waals surface area (Å²) in [7, 11) is 1.68.